The summed E-state index contributed by atoms with van der Waals surface area (Å²) >= 11 is 0. The summed E-state index contributed by atoms with van der Waals surface area (Å²) in [7, 11) is 1.62. The maximum Gasteiger partial charge on any atom is 0.305 e. The number of carboxylic acids is 1. The number of nitrogens with one attached hydrogen (secondary N) is 1. The van der Waals surface area contributed by atoms with Crippen molar-refractivity contribution in [2.45, 2.75) is 12.8 Å². The van der Waals surface area contributed by atoms with E-state index in [0.29, 0.717) is 5.56 Å². The van der Waals surface area contributed by atoms with Gasteiger partial charge >= 0.3 is 5.97 Å². The van der Waals surface area contributed by atoms with Crippen molar-refractivity contribution in [3.05, 3.63) is 29.3 Å². The second kappa shape index (κ2) is 5.08. The smallest absolute Gasteiger partial charge is 0.305 e. The molecule has 96 valence electrons. The molecule has 1 aromatic rings. The molecular formula is C13H16N2O3. The van der Waals surface area contributed by atoms with Gasteiger partial charge in [-0.2, -0.15) is 0 Å². The highest BCUT2D eigenvalue weighted by molar-refractivity contribution is 5.95. The third kappa shape index (κ3) is 2.61. The summed E-state index contributed by atoms with van der Waals surface area (Å²) in [5, 5.41) is 11.8. The highest BCUT2D eigenvalue weighted by Crippen LogP contribution is 2.23. The van der Waals surface area contributed by atoms with E-state index in [2.05, 4.69) is 5.32 Å². The van der Waals surface area contributed by atoms with Gasteiger partial charge in [-0.1, -0.05) is 6.07 Å². The van der Waals surface area contributed by atoms with Gasteiger partial charge in [-0.25, -0.2) is 0 Å². The van der Waals surface area contributed by atoms with E-state index in [0.717, 1.165) is 18.7 Å². The fraction of sp³-hybridized carbons (Fsp3) is 0.385. The highest BCUT2D eigenvalue weighted by Gasteiger charge is 2.16. The van der Waals surface area contributed by atoms with Crippen molar-refractivity contribution >= 4 is 17.6 Å². The fourth-order valence-electron chi connectivity index (χ4n) is 2.01. The van der Waals surface area contributed by atoms with E-state index < -0.39 is 5.97 Å². The summed E-state index contributed by atoms with van der Waals surface area (Å²) in [5.41, 5.74) is 2.82. The average Bonchev–Trinajstić information content (AvgIpc) is 2.81. The predicted octanol–water partition coefficient (Wildman–Crippen LogP) is 1.20. The summed E-state index contributed by atoms with van der Waals surface area (Å²) in [4.78, 5) is 24.0. The molecule has 1 heterocycles. The standard InChI is InChI=1S/C13H16N2O3/c1-15(7-5-12(16)17)13(18)10-3-2-9-4-6-14-11(9)8-10/h2-3,8,14H,4-7H2,1H3,(H,16,17). The Morgan fingerprint density at radius 2 is 2.22 bits per heavy atom. The van der Waals surface area contributed by atoms with Crippen LogP contribution in [0.5, 0.6) is 0 Å². The summed E-state index contributed by atoms with van der Waals surface area (Å²) in [6.07, 6.45) is 0.949. The van der Waals surface area contributed by atoms with Crippen LogP contribution in [0.15, 0.2) is 18.2 Å². The molecule has 2 rings (SSSR count). The van der Waals surface area contributed by atoms with Crippen molar-refractivity contribution in [2.75, 3.05) is 25.5 Å². The van der Waals surface area contributed by atoms with Gasteiger partial charge in [0.25, 0.3) is 5.91 Å². The van der Waals surface area contributed by atoms with E-state index in [1.165, 1.54) is 10.5 Å². The molecule has 0 radical (unpaired) electrons. The molecule has 1 aromatic carbocycles. The second-order valence-electron chi connectivity index (χ2n) is 4.42. The van der Waals surface area contributed by atoms with E-state index in [1.807, 2.05) is 12.1 Å². The fourth-order valence-corrected chi connectivity index (χ4v) is 2.01. The molecule has 0 fully saturated rings. The first kappa shape index (κ1) is 12.4. The summed E-state index contributed by atoms with van der Waals surface area (Å²) < 4.78 is 0. The molecule has 0 atom stereocenters. The van der Waals surface area contributed by atoms with Gasteiger partial charge in [0.15, 0.2) is 0 Å². The molecule has 1 amide bonds. The number of nitrogens with zero attached hydrogens (tertiary/aromatic N) is 1. The molecular weight excluding hydrogens is 232 g/mol. The number of hydrogen-bond donors (Lipinski definition) is 2. The number of anilines is 1. The topological polar surface area (TPSA) is 69.6 Å². The number of benzene rings is 1. The average molecular weight is 248 g/mol. The Bertz CT molecular complexity index is 485. The Labute approximate surface area is 105 Å². The lowest BCUT2D eigenvalue weighted by Gasteiger charge is -2.16. The van der Waals surface area contributed by atoms with Crippen molar-refractivity contribution in [2.24, 2.45) is 0 Å². The lowest BCUT2D eigenvalue weighted by molar-refractivity contribution is -0.137. The zero-order valence-electron chi connectivity index (χ0n) is 10.3. The van der Waals surface area contributed by atoms with Gasteiger partial charge in [0, 0.05) is 31.4 Å². The largest absolute Gasteiger partial charge is 0.481 e. The molecule has 0 saturated heterocycles. The molecule has 0 spiro atoms. The Kier molecular flexibility index (Phi) is 3.50. The van der Waals surface area contributed by atoms with Crippen molar-refractivity contribution in [3.8, 4) is 0 Å². The molecule has 5 nitrogen and oxygen atoms in total. The number of carbonyl (C=O) groups excluding carboxylic acids is 1. The van der Waals surface area contributed by atoms with Gasteiger partial charge in [-0.3, -0.25) is 9.59 Å². The quantitative estimate of drug-likeness (QED) is 0.840. The summed E-state index contributed by atoms with van der Waals surface area (Å²) in [6.45, 7) is 1.13. The SMILES string of the molecule is CN(CCC(=O)O)C(=O)c1ccc2c(c1)NCC2. The number of carboxylic acid groups (broad SMARTS) is 1. The van der Waals surface area contributed by atoms with E-state index in [9.17, 15) is 9.59 Å². The third-order valence-electron chi connectivity index (χ3n) is 3.07. The second-order valence-corrected chi connectivity index (χ2v) is 4.42. The van der Waals surface area contributed by atoms with Gasteiger partial charge in [0.05, 0.1) is 6.42 Å². The normalized spacial score (nSPS) is 12.7. The van der Waals surface area contributed by atoms with Crippen molar-refractivity contribution < 1.29 is 14.7 Å². The predicted molar refractivity (Wildman–Crippen MR) is 67.8 cm³/mol. The van der Waals surface area contributed by atoms with E-state index >= 15 is 0 Å². The minimum Gasteiger partial charge on any atom is -0.481 e. The van der Waals surface area contributed by atoms with Crippen LogP contribution < -0.4 is 5.32 Å². The summed E-state index contributed by atoms with van der Waals surface area (Å²) in [6, 6.07) is 5.58. The maximum atomic E-state index is 12.1. The first-order chi connectivity index (χ1) is 8.58. The molecule has 2 N–H and O–H groups in total. The van der Waals surface area contributed by atoms with E-state index in [4.69, 9.17) is 5.11 Å². The van der Waals surface area contributed by atoms with Crippen LogP contribution >= 0.6 is 0 Å². The molecule has 0 bridgehead atoms. The van der Waals surface area contributed by atoms with Crippen molar-refractivity contribution in [1.82, 2.24) is 4.90 Å². The van der Waals surface area contributed by atoms with Crippen LogP contribution in [0.3, 0.4) is 0 Å². The molecule has 1 aliphatic heterocycles. The Balaban J connectivity index is 2.06. The minimum atomic E-state index is -0.898. The highest BCUT2D eigenvalue weighted by atomic mass is 16.4. The Morgan fingerprint density at radius 3 is 2.94 bits per heavy atom. The lowest BCUT2D eigenvalue weighted by atomic mass is 10.1. The van der Waals surface area contributed by atoms with Gasteiger partial charge in [-0.05, 0) is 24.1 Å². The van der Waals surface area contributed by atoms with Crippen LogP contribution in [0.2, 0.25) is 0 Å². The number of amides is 1. The number of aliphatic carboxylic acids is 1. The van der Waals surface area contributed by atoms with Gasteiger partial charge in [-0.15, -0.1) is 0 Å². The van der Waals surface area contributed by atoms with Crippen LogP contribution in [0.25, 0.3) is 0 Å². The van der Waals surface area contributed by atoms with Crippen LogP contribution in [-0.4, -0.2) is 42.0 Å². The van der Waals surface area contributed by atoms with Gasteiger partial charge in [0.1, 0.15) is 0 Å². The van der Waals surface area contributed by atoms with Crippen LogP contribution in [0, 0.1) is 0 Å². The van der Waals surface area contributed by atoms with Crippen molar-refractivity contribution in [1.29, 1.82) is 0 Å². The first-order valence-corrected chi connectivity index (χ1v) is 5.92. The molecule has 5 heteroatoms. The molecule has 18 heavy (non-hydrogen) atoms. The van der Waals surface area contributed by atoms with Crippen LogP contribution in [0.1, 0.15) is 22.3 Å². The first-order valence-electron chi connectivity index (χ1n) is 5.92. The molecule has 1 aliphatic rings. The lowest BCUT2D eigenvalue weighted by Crippen LogP contribution is -2.29. The van der Waals surface area contributed by atoms with Gasteiger partial charge in [0.2, 0.25) is 0 Å². The Hall–Kier alpha value is -2.04. The van der Waals surface area contributed by atoms with Crippen LogP contribution in [-0.2, 0) is 11.2 Å². The molecule has 0 unspecified atom stereocenters. The number of fused-ring (bicyclic) bond motifs is 1. The zero-order valence-corrected chi connectivity index (χ0v) is 10.3. The number of rotatable bonds is 4. The zero-order chi connectivity index (χ0) is 13.1. The monoisotopic (exact) mass is 248 g/mol. The Morgan fingerprint density at radius 1 is 1.44 bits per heavy atom. The molecule has 0 saturated carbocycles. The van der Waals surface area contributed by atoms with E-state index in [-0.39, 0.29) is 18.9 Å². The van der Waals surface area contributed by atoms with Crippen molar-refractivity contribution in [3.63, 3.8) is 0 Å². The molecule has 0 aromatic heterocycles. The minimum absolute atomic E-state index is 0.0363. The van der Waals surface area contributed by atoms with Gasteiger partial charge < -0.3 is 15.3 Å². The number of hydrogen-bond acceptors (Lipinski definition) is 3. The molecule has 0 aliphatic carbocycles. The number of carbonyl (C=O) groups is 2. The third-order valence-corrected chi connectivity index (χ3v) is 3.07. The van der Waals surface area contributed by atoms with Crippen LogP contribution in [0.4, 0.5) is 5.69 Å². The summed E-state index contributed by atoms with van der Waals surface area (Å²) in [5.74, 6) is -1.04. The maximum absolute atomic E-state index is 12.1. The van der Waals surface area contributed by atoms with E-state index in [1.54, 1.807) is 13.1 Å².